The van der Waals surface area contributed by atoms with Crippen LogP contribution in [0.5, 0.6) is 0 Å². The van der Waals surface area contributed by atoms with Gasteiger partial charge in [-0.15, -0.1) is 0 Å². The van der Waals surface area contributed by atoms with Crippen molar-refractivity contribution in [2.24, 2.45) is 0 Å². The van der Waals surface area contributed by atoms with Gasteiger partial charge in [-0.05, 0) is 36.4 Å². The summed E-state index contributed by atoms with van der Waals surface area (Å²) in [4.78, 5) is 24.0. The molecule has 0 aromatic heterocycles. The molecule has 162 valence electrons. The lowest BCUT2D eigenvalue weighted by Gasteiger charge is -2.18. The summed E-state index contributed by atoms with van der Waals surface area (Å²) < 4.78 is 45.2. The van der Waals surface area contributed by atoms with Crippen molar-refractivity contribution in [2.45, 2.75) is 18.7 Å². The van der Waals surface area contributed by atoms with Crippen LogP contribution in [0.15, 0.2) is 41.3 Å². The molecule has 7 nitrogen and oxygen atoms in total. The normalized spacial score (nSPS) is 11.4. The van der Waals surface area contributed by atoms with Crippen LogP contribution in [-0.2, 0) is 19.6 Å². The van der Waals surface area contributed by atoms with Gasteiger partial charge in [0.05, 0.1) is 21.2 Å². The van der Waals surface area contributed by atoms with Gasteiger partial charge in [-0.1, -0.05) is 37.0 Å². The molecule has 0 radical (unpaired) electrons. The van der Waals surface area contributed by atoms with E-state index in [0.717, 1.165) is 22.5 Å². The minimum absolute atomic E-state index is 0.211. The van der Waals surface area contributed by atoms with E-state index >= 15 is 0 Å². The van der Waals surface area contributed by atoms with Gasteiger partial charge < -0.3 is 10.1 Å². The summed E-state index contributed by atoms with van der Waals surface area (Å²) in [7, 11) is -3.90. The highest BCUT2D eigenvalue weighted by Gasteiger charge is 2.25. The van der Waals surface area contributed by atoms with Crippen molar-refractivity contribution < 1.29 is 27.1 Å². The van der Waals surface area contributed by atoms with Gasteiger partial charge in [0.2, 0.25) is 10.0 Å². The third-order valence-corrected chi connectivity index (χ3v) is 6.65. The minimum atomic E-state index is -3.90. The van der Waals surface area contributed by atoms with Gasteiger partial charge in [-0.3, -0.25) is 4.79 Å². The Morgan fingerprint density at radius 1 is 1.10 bits per heavy atom. The number of rotatable bonds is 8. The number of ether oxygens (including phenoxy) is 1. The number of nitrogens with zero attached hydrogens (tertiary/aromatic N) is 1. The molecule has 0 bridgehead atoms. The van der Waals surface area contributed by atoms with Crippen LogP contribution in [0.2, 0.25) is 10.0 Å². The zero-order valence-corrected chi connectivity index (χ0v) is 18.4. The summed E-state index contributed by atoms with van der Waals surface area (Å²) in [5.74, 6) is -2.90. The molecule has 2 rings (SSSR count). The number of esters is 1. The maximum atomic E-state index is 14.1. The standard InChI is InChI=1S/C19H19Cl2FN2O5S/c1-3-24(4-2)30(27,28)13-6-8-16(22)14(10-13)19(26)29-11-18(25)23-17-9-12(20)5-7-15(17)21/h5-10H,3-4,11H2,1-2H3,(H,23,25). The molecule has 1 N–H and O–H groups in total. The van der Waals surface area contributed by atoms with Crippen molar-refractivity contribution >= 4 is 50.8 Å². The molecular formula is C19H19Cl2FN2O5S. The summed E-state index contributed by atoms with van der Waals surface area (Å²) in [6.07, 6.45) is 0. The molecule has 0 fully saturated rings. The fourth-order valence-corrected chi connectivity index (χ4v) is 4.34. The number of hydrogen-bond donors (Lipinski definition) is 1. The zero-order valence-electron chi connectivity index (χ0n) is 16.1. The molecule has 0 unspecified atom stereocenters. The predicted octanol–water partition coefficient (Wildman–Crippen LogP) is 3.96. The summed E-state index contributed by atoms with van der Waals surface area (Å²) in [5, 5.41) is 2.96. The first-order valence-corrected chi connectivity index (χ1v) is 11.0. The molecule has 0 heterocycles. The molecule has 0 aliphatic carbocycles. The van der Waals surface area contributed by atoms with Gasteiger partial charge in [-0.25, -0.2) is 17.6 Å². The second kappa shape index (κ2) is 10.2. The Hall–Kier alpha value is -2.20. The molecule has 2 aromatic rings. The van der Waals surface area contributed by atoms with Crippen LogP contribution in [-0.4, -0.2) is 44.3 Å². The topological polar surface area (TPSA) is 92.8 Å². The first kappa shape index (κ1) is 24.1. The fourth-order valence-electron chi connectivity index (χ4n) is 2.52. The Morgan fingerprint density at radius 2 is 1.77 bits per heavy atom. The lowest BCUT2D eigenvalue weighted by Crippen LogP contribution is -2.30. The molecule has 1 amide bonds. The molecule has 30 heavy (non-hydrogen) atoms. The van der Waals surface area contributed by atoms with Crippen molar-refractivity contribution in [2.75, 3.05) is 25.0 Å². The lowest BCUT2D eigenvalue weighted by atomic mass is 10.2. The van der Waals surface area contributed by atoms with Gasteiger partial charge in [0.25, 0.3) is 5.91 Å². The van der Waals surface area contributed by atoms with Crippen molar-refractivity contribution in [3.63, 3.8) is 0 Å². The van der Waals surface area contributed by atoms with Crippen molar-refractivity contribution in [1.29, 1.82) is 0 Å². The molecule has 0 atom stereocenters. The summed E-state index contributed by atoms with van der Waals surface area (Å²) in [6.45, 7) is 2.99. The van der Waals surface area contributed by atoms with Gasteiger partial charge in [0.15, 0.2) is 6.61 Å². The Kier molecular flexibility index (Phi) is 8.19. The monoisotopic (exact) mass is 476 g/mol. The molecule has 0 saturated carbocycles. The number of carbonyl (C=O) groups excluding carboxylic acids is 2. The van der Waals surface area contributed by atoms with E-state index in [1.54, 1.807) is 13.8 Å². The number of carbonyl (C=O) groups is 2. The largest absolute Gasteiger partial charge is 0.452 e. The number of amides is 1. The Balaban J connectivity index is 2.13. The third kappa shape index (κ3) is 5.69. The summed E-state index contributed by atoms with van der Waals surface area (Å²) in [6, 6.07) is 7.22. The molecule has 0 aliphatic heterocycles. The molecule has 11 heteroatoms. The highest BCUT2D eigenvalue weighted by molar-refractivity contribution is 7.89. The van der Waals surface area contributed by atoms with E-state index in [2.05, 4.69) is 5.32 Å². The molecule has 0 saturated heterocycles. The molecule has 0 spiro atoms. The number of benzene rings is 2. The van der Waals surface area contributed by atoms with E-state index in [0.29, 0.717) is 5.02 Å². The quantitative estimate of drug-likeness (QED) is 0.582. The minimum Gasteiger partial charge on any atom is -0.452 e. The number of nitrogens with one attached hydrogen (secondary N) is 1. The van der Waals surface area contributed by atoms with Gasteiger partial charge in [0, 0.05) is 18.1 Å². The van der Waals surface area contributed by atoms with E-state index in [1.165, 1.54) is 18.2 Å². The highest BCUT2D eigenvalue weighted by Crippen LogP contribution is 2.25. The fraction of sp³-hybridized carbons (Fsp3) is 0.263. The SMILES string of the molecule is CCN(CC)S(=O)(=O)c1ccc(F)c(C(=O)OCC(=O)Nc2cc(Cl)ccc2Cl)c1. The molecular weight excluding hydrogens is 458 g/mol. The van der Waals surface area contributed by atoms with Crippen molar-refractivity contribution in [1.82, 2.24) is 4.31 Å². The van der Waals surface area contributed by atoms with Crippen LogP contribution >= 0.6 is 23.2 Å². The van der Waals surface area contributed by atoms with Crippen LogP contribution in [0.4, 0.5) is 10.1 Å². The van der Waals surface area contributed by atoms with E-state index in [9.17, 15) is 22.4 Å². The summed E-state index contributed by atoms with van der Waals surface area (Å²) >= 11 is 11.8. The lowest BCUT2D eigenvalue weighted by molar-refractivity contribution is -0.119. The highest BCUT2D eigenvalue weighted by atomic mass is 35.5. The zero-order chi connectivity index (χ0) is 22.5. The first-order chi connectivity index (χ1) is 14.1. The van der Waals surface area contributed by atoms with E-state index in [4.69, 9.17) is 27.9 Å². The number of halogens is 3. The smallest absolute Gasteiger partial charge is 0.341 e. The number of anilines is 1. The van der Waals surface area contributed by atoms with Crippen LogP contribution in [0.1, 0.15) is 24.2 Å². The average molecular weight is 477 g/mol. The maximum absolute atomic E-state index is 14.1. The molecule has 0 aliphatic rings. The van der Waals surface area contributed by atoms with Crippen molar-refractivity contribution in [3.8, 4) is 0 Å². The predicted molar refractivity (Wildman–Crippen MR) is 112 cm³/mol. The van der Waals surface area contributed by atoms with Crippen LogP contribution in [0.3, 0.4) is 0 Å². The molecule has 2 aromatic carbocycles. The van der Waals surface area contributed by atoms with Crippen LogP contribution < -0.4 is 5.32 Å². The van der Waals surface area contributed by atoms with Crippen LogP contribution in [0.25, 0.3) is 0 Å². The van der Waals surface area contributed by atoms with Crippen LogP contribution in [0, 0.1) is 5.82 Å². The number of hydrogen-bond acceptors (Lipinski definition) is 5. The third-order valence-electron chi connectivity index (χ3n) is 4.04. The second-order valence-corrected chi connectivity index (χ2v) is 8.76. The Morgan fingerprint density at radius 3 is 2.40 bits per heavy atom. The van der Waals surface area contributed by atoms with E-state index < -0.39 is 39.9 Å². The van der Waals surface area contributed by atoms with Gasteiger partial charge in [-0.2, -0.15) is 4.31 Å². The van der Waals surface area contributed by atoms with Gasteiger partial charge in [0.1, 0.15) is 5.82 Å². The van der Waals surface area contributed by atoms with Gasteiger partial charge >= 0.3 is 5.97 Å². The van der Waals surface area contributed by atoms with Crippen molar-refractivity contribution in [3.05, 3.63) is 57.8 Å². The average Bonchev–Trinajstić information content (AvgIpc) is 2.69. The maximum Gasteiger partial charge on any atom is 0.341 e. The van der Waals surface area contributed by atoms with E-state index in [-0.39, 0.29) is 28.7 Å². The number of sulfonamides is 1. The summed E-state index contributed by atoms with van der Waals surface area (Å²) in [5.41, 5.74) is -0.388. The van der Waals surface area contributed by atoms with E-state index in [1.807, 2.05) is 0 Å². The second-order valence-electron chi connectivity index (χ2n) is 5.98. The first-order valence-electron chi connectivity index (χ1n) is 8.81. The Labute approximate surface area is 183 Å². The Bertz CT molecular complexity index is 1060.